The van der Waals surface area contributed by atoms with Crippen LogP contribution in [0.1, 0.15) is 6.42 Å². The van der Waals surface area contributed by atoms with Gasteiger partial charge in [0.1, 0.15) is 0 Å². The van der Waals surface area contributed by atoms with Gasteiger partial charge in [-0.15, -0.1) is 12.4 Å². The standard InChI is InChI=1S/C11H22N2O4S.ClH/c14-11-9-18(15,16)8-10(11)12-2-1-3-13-4-6-17-7-5-13;/h10-12,14H,1-9H2;1H. The molecule has 6 nitrogen and oxygen atoms in total. The molecule has 2 unspecified atom stereocenters. The third-order valence-corrected chi connectivity index (χ3v) is 5.20. The Balaban J connectivity index is 0.00000180. The number of hydrogen-bond donors (Lipinski definition) is 2. The maximum absolute atomic E-state index is 11.3. The summed E-state index contributed by atoms with van der Waals surface area (Å²) in [5.74, 6) is -0.0418. The Bertz CT molecular complexity index is 360. The second-order valence-corrected chi connectivity index (χ2v) is 7.17. The number of ether oxygens (including phenoxy) is 1. The van der Waals surface area contributed by atoms with E-state index in [4.69, 9.17) is 4.74 Å². The number of halogens is 1. The predicted octanol–water partition coefficient (Wildman–Crippen LogP) is -1.12. The number of aliphatic hydroxyl groups excluding tert-OH is 1. The van der Waals surface area contributed by atoms with E-state index in [-0.39, 0.29) is 30.0 Å². The van der Waals surface area contributed by atoms with Gasteiger partial charge in [0.15, 0.2) is 9.84 Å². The molecule has 0 amide bonds. The van der Waals surface area contributed by atoms with Gasteiger partial charge >= 0.3 is 0 Å². The van der Waals surface area contributed by atoms with Crippen LogP contribution in [0, 0.1) is 0 Å². The van der Waals surface area contributed by atoms with Gasteiger partial charge in [0.25, 0.3) is 0 Å². The van der Waals surface area contributed by atoms with Crippen LogP contribution in [0.15, 0.2) is 0 Å². The summed E-state index contributed by atoms with van der Waals surface area (Å²) in [4.78, 5) is 2.34. The molecule has 0 aromatic carbocycles. The predicted molar refractivity (Wildman–Crippen MR) is 75.6 cm³/mol. The topological polar surface area (TPSA) is 78.9 Å². The third-order valence-electron chi connectivity index (χ3n) is 3.48. The molecule has 0 saturated carbocycles. The van der Waals surface area contributed by atoms with Crippen LogP contribution < -0.4 is 5.32 Å². The van der Waals surface area contributed by atoms with E-state index < -0.39 is 15.9 Å². The molecule has 0 aliphatic carbocycles. The zero-order chi connectivity index (χ0) is 13.0. The van der Waals surface area contributed by atoms with Crippen LogP contribution in [0.2, 0.25) is 0 Å². The lowest BCUT2D eigenvalue weighted by atomic mass is 10.2. The molecule has 8 heteroatoms. The zero-order valence-corrected chi connectivity index (χ0v) is 12.6. The molecule has 2 N–H and O–H groups in total. The van der Waals surface area contributed by atoms with Crippen LogP contribution in [-0.4, -0.2) is 81.5 Å². The van der Waals surface area contributed by atoms with Crippen LogP contribution in [0.25, 0.3) is 0 Å². The van der Waals surface area contributed by atoms with Crippen LogP contribution >= 0.6 is 12.4 Å². The minimum atomic E-state index is -3.04. The first-order valence-electron chi connectivity index (χ1n) is 6.49. The van der Waals surface area contributed by atoms with E-state index in [1.807, 2.05) is 0 Å². The molecule has 2 saturated heterocycles. The Hall–Kier alpha value is 0.0800. The molecule has 2 aliphatic heterocycles. The highest BCUT2D eigenvalue weighted by atomic mass is 35.5. The Kier molecular flexibility index (Phi) is 6.99. The summed E-state index contributed by atoms with van der Waals surface area (Å²) in [6, 6.07) is -0.292. The third kappa shape index (κ3) is 5.53. The highest BCUT2D eigenvalue weighted by Crippen LogP contribution is 2.12. The molecule has 0 aromatic heterocycles. The molecule has 0 aromatic rings. The second-order valence-electron chi connectivity index (χ2n) is 5.01. The lowest BCUT2D eigenvalue weighted by molar-refractivity contribution is 0.0372. The Morgan fingerprint density at radius 1 is 1.26 bits per heavy atom. The normalized spacial score (nSPS) is 31.0. The maximum atomic E-state index is 11.3. The molecule has 0 spiro atoms. The monoisotopic (exact) mass is 314 g/mol. The number of aliphatic hydroxyl groups is 1. The number of rotatable bonds is 5. The number of sulfone groups is 1. The maximum Gasteiger partial charge on any atom is 0.154 e. The van der Waals surface area contributed by atoms with Gasteiger partial charge < -0.3 is 15.2 Å². The van der Waals surface area contributed by atoms with Crippen LogP contribution in [-0.2, 0) is 14.6 Å². The Morgan fingerprint density at radius 2 is 1.95 bits per heavy atom. The van der Waals surface area contributed by atoms with Crippen molar-refractivity contribution in [1.29, 1.82) is 0 Å². The summed E-state index contributed by atoms with van der Waals surface area (Å²) in [6.45, 7) is 5.28. The van der Waals surface area contributed by atoms with Crippen molar-refractivity contribution in [1.82, 2.24) is 10.2 Å². The molecule has 0 radical (unpaired) electrons. The molecule has 2 rings (SSSR count). The van der Waals surface area contributed by atoms with Gasteiger partial charge in [-0.1, -0.05) is 0 Å². The molecule has 2 atom stereocenters. The van der Waals surface area contributed by atoms with Gasteiger partial charge in [-0.25, -0.2) is 8.42 Å². The fraction of sp³-hybridized carbons (Fsp3) is 1.00. The van der Waals surface area contributed by atoms with Crippen LogP contribution in [0.3, 0.4) is 0 Å². The quantitative estimate of drug-likeness (QED) is 0.626. The van der Waals surface area contributed by atoms with Crippen molar-refractivity contribution in [2.75, 3.05) is 50.9 Å². The first-order valence-corrected chi connectivity index (χ1v) is 8.31. The Morgan fingerprint density at radius 3 is 2.53 bits per heavy atom. The molecule has 0 bridgehead atoms. The number of hydrogen-bond acceptors (Lipinski definition) is 6. The second kappa shape index (κ2) is 7.75. The van der Waals surface area contributed by atoms with Crippen molar-refractivity contribution in [2.45, 2.75) is 18.6 Å². The van der Waals surface area contributed by atoms with Gasteiger partial charge in [-0.2, -0.15) is 0 Å². The fourth-order valence-corrected chi connectivity index (χ4v) is 4.21. The lowest BCUT2D eigenvalue weighted by Crippen LogP contribution is -2.41. The van der Waals surface area contributed by atoms with E-state index in [9.17, 15) is 13.5 Å². The minimum Gasteiger partial charge on any atom is -0.390 e. The smallest absolute Gasteiger partial charge is 0.154 e. The number of morpholine rings is 1. The first-order chi connectivity index (χ1) is 8.57. The van der Waals surface area contributed by atoms with E-state index in [1.165, 1.54) is 0 Å². The van der Waals surface area contributed by atoms with Gasteiger partial charge in [0, 0.05) is 19.1 Å². The van der Waals surface area contributed by atoms with Crippen LogP contribution in [0.5, 0.6) is 0 Å². The summed E-state index contributed by atoms with van der Waals surface area (Å²) in [7, 11) is -3.04. The summed E-state index contributed by atoms with van der Waals surface area (Å²) < 4.78 is 27.9. The summed E-state index contributed by atoms with van der Waals surface area (Å²) in [5, 5.41) is 12.7. The van der Waals surface area contributed by atoms with Crippen molar-refractivity contribution >= 4 is 22.2 Å². The van der Waals surface area contributed by atoms with Crippen molar-refractivity contribution in [3.05, 3.63) is 0 Å². The van der Waals surface area contributed by atoms with E-state index in [0.29, 0.717) is 0 Å². The van der Waals surface area contributed by atoms with Crippen molar-refractivity contribution in [3.63, 3.8) is 0 Å². The highest BCUT2D eigenvalue weighted by molar-refractivity contribution is 7.91. The van der Waals surface area contributed by atoms with E-state index in [1.54, 1.807) is 0 Å². The van der Waals surface area contributed by atoms with E-state index in [2.05, 4.69) is 10.2 Å². The molecule has 2 aliphatic rings. The Labute approximate surface area is 120 Å². The first kappa shape index (κ1) is 17.1. The molecule has 114 valence electrons. The van der Waals surface area contributed by atoms with E-state index in [0.717, 1.165) is 45.8 Å². The van der Waals surface area contributed by atoms with Crippen molar-refractivity contribution in [3.8, 4) is 0 Å². The molecular weight excluding hydrogens is 292 g/mol. The van der Waals surface area contributed by atoms with Gasteiger partial charge in [0.2, 0.25) is 0 Å². The van der Waals surface area contributed by atoms with Gasteiger partial charge in [0.05, 0.1) is 30.8 Å². The largest absolute Gasteiger partial charge is 0.390 e. The molecule has 2 heterocycles. The summed E-state index contributed by atoms with van der Waals surface area (Å²) in [6.07, 6.45) is 0.210. The van der Waals surface area contributed by atoms with E-state index >= 15 is 0 Å². The van der Waals surface area contributed by atoms with Crippen molar-refractivity contribution < 1.29 is 18.3 Å². The fourth-order valence-electron chi connectivity index (χ4n) is 2.44. The SMILES string of the molecule is Cl.O=S1(=O)CC(O)C(NCCCN2CCOCC2)C1. The molecular formula is C11H23ClN2O4S. The summed E-state index contributed by atoms with van der Waals surface area (Å²) >= 11 is 0. The highest BCUT2D eigenvalue weighted by Gasteiger charge is 2.35. The van der Waals surface area contributed by atoms with Crippen molar-refractivity contribution in [2.24, 2.45) is 0 Å². The average Bonchev–Trinajstić information content (AvgIpc) is 2.59. The zero-order valence-electron chi connectivity index (χ0n) is 11.0. The van der Waals surface area contributed by atoms with Gasteiger partial charge in [-0.3, -0.25) is 4.90 Å². The minimum absolute atomic E-state index is 0. The number of nitrogens with one attached hydrogen (secondary N) is 1. The van der Waals surface area contributed by atoms with Gasteiger partial charge in [-0.05, 0) is 19.5 Å². The average molecular weight is 315 g/mol. The molecule has 19 heavy (non-hydrogen) atoms. The summed E-state index contributed by atoms with van der Waals surface area (Å²) in [5.41, 5.74) is 0. The lowest BCUT2D eigenvalue weighted by Gasteiger charge is -2.26. The number of nitrogens with zero attached hydrogens (tertiary/aromatic N) is 1. The molecule has 2 fully saturated rings. The van der Waals surface area contributed by atoms with Crippen LogP contribution in [0.4, 0.5) is 0 Å².